The number of carbonyl (C=O) groups excluding carboxylic acids is 1. The molecule has 100 valence electrons. The van der Waals surface area contributed by atoms with Crippen LogP contribution < -0.4 is 11.1 Å². The topological polar surface area (TPSA) is 85.8 Å². The summed E-state index contributed by atoms with van der Waals surface area (Å²) in [6, 6.07) is 3.12. The maximum absolute atomic E-state index is 11.7. The molecule has 2 aromatic rings. The molecule has 6 nitrogen and oxygen atoms in total. The molecule has 2 rings (SSSR count). The van der Waals surface area contributed by atoms with Gasteiger partial charge in [0, 0.05) is 12.4 Å². The quantitative estimate of drug-likeness (QED) is 0.848. The molecule has 19 heavy (non-hydrogen) atoms. The third-order valence-corrected chi connectivity index (χ3v) is 2.72. The van der Waals surface area contributed by atoms with Crippen LogP contribution in [0.1, 0.15) is 19.8 Å². The fourth-order valence-electron chi connectivity index (χ4n) is 1.68. The second-order valence-electron chi connectivity index (χ2n) is 4.26. The molecule has 0 unspecified atom stereocenters. The summed E-state index contributed by atoms with van der Waals surface area (Å²) < 4.78 is 1.79. The summed E-state index contributed by atoms with van der Waals surface area (Å²) in [5.74, 6) is 0.562. The fourth-order valence-corrected chi connectivity index (χ4v) is 1.68. The summed E-state index contributed by atoms with van der Waals surface area (Å²) in [7, 11) is 0. The van der Waals surface area contributed by atoms with E-state index in [2.05, 4.69) is 15.3 Å². The minimum atomic E-state index is -0.474. The second-order valence-corrected chi connectivity index (χ2v) is 4.26. The molecule has 0 fully saturated rings. The second kappa shape index (κ2) is 6.10. The van der Waals surface area contributed by atoms with Gasteiger partial charge in [-0.1, -0.05) is 13.3 Å². The summed E-state index contributed by atoms with van der Waals surface area (Å²) in [4.78, 5) is 19.9. The molecule has 1 atom stereocenters. The van der Waals surface area contributed by atoms with Crippen molar-refractivity contribution in [1.82, 2.24) is 14.5 Å². The number of anilines is 1. The van der Waals surface area contributed by atoms with E-state index in [4.69, 9.17) is 5.73 Å². The highest BCUT2D eigenvalue weighted by Gasteiger charge is 2.12. The largest absolute Gasteiger partial charge is 0.323 e. The number of imidazole rings is 1. The smallest absolute Gasteiger partial charge is 0.241 e. The van der Waals surface area contributed by atoms with Gasteiger partial charge in [0.25, 0.3) is 0 Å². The molecule has 0 saturated heterocycles. The number of rotatable bonds is 5. The van der Waals surface area contributed by atoms with Gasteiger partial charge < -0.3 is 11.1 Å². The number of nitrogens with two attached hydrogens (primary N) is 1. The molecule has 3 N–H and O–H groups in total. The first-order chi connectivity index (χ1) is 9.20. The van der Waals surface area contributed by atoms with Crippen LogP contribution in [0.15, 0.2) is 37.1 Å². The van der Waals surface area contributed by atoms with E-state index >= 15 is 0 Å². The van der Waals surface area contributed by atoms with Gasteiger partial charge in [-0.3, -0.25) is 9.36 Å². The Bertz CT molecular complexity index is 520. The predicted molar refractivity (Wildman–Crippen MR) is 72.9 cm³/mol. The van der Waals surface area contributed by atoms with Gasteiger partial charge in [-0.05, 0) is 18.6 Å². The van der Waals surface area contributed by atoms with Crippen molar-refractivity contribution < 1.29 is 4.79 Å². The summed E-state index contributed by atoms with van der Waals surface area (Å²) >= 11 is 0. The number of nitrogens with zero attached hydrogens (tertiary/aromatic N) is 3. The Hall–Kier alpha value is -2.21. The molecular formula is C13H17N5O. The zero-order chi connectivity index (χ0) is 13.7. The molecule has 0 aromatic carbocycles. The number of aromatic nitrogens is 3. The zero-order valence-corrected chi connectivity index (χ0v) is 10.8. The third-order valence-electron chi connectivity index (χ3n) is 2.72. The summed E-state index contributed by atoms with van der Waals surface area (Å²) in [6.07, 6.45) is 8.31. The van der Waals surface area contributed by atoms with Crippen molar-refractivity contribution in [2.24, 2.45) is 5.73 Å². The molecule has 0 radical (unpaired) electrons. The van der Waals surface area contributed by atoms with Gasteiger partial charge in [0.05, 0.1) is 17.9 Å². The lowest BCUT2D eigenvalue weighted by Gasteiger charge is -2.11. The Morgan fingerprint density at radius 2 is 2.37 bits per heavy atom. The number of nitrogens with one attached hydrogen (secondary N) is 1. The fraction of sp³-hybridized carbons (Fsp3) is 0.308. The summed E-state index contributed by atoms with van der Waals surface area (Å²) in [6.45, 7) is 1.99. The Balaban J connectivity index is 2.01. The lowest BCUT2D eigenvalue weighted by molar-refractivity contribution is -0.117. The van der Waals surface area contributed by atoms with Crippen LogP contribution in [0.4, 0.5) is 5.69 Å². The Kier molecular flexibility index (Phi) is 4.25. The van der Waals surface area contributed by atoms with Gasteiger partial charge in [-0.15, -0.1) is 0 Å². The van der Waals surface area contributed by atoms with Crippen LogP contribution in [0.25, 0.3) is 5.82 Å². The molecule has 6 heteroatoms. The van der Waals surface area contributed by atoms with Crippen molar-refractivity contribution in [3.05, 3.63) is 37.1 Å². The molecule has 0 aliphatic heterocycles. The first-order valence-electron chi connectivity index (χ1n) is 6.21. The first-order valence-corrected chi connectivity index (χ1v) is 6.21. The number of pyridine rings is 1. The normalized spacial score (nSPS) is 12.1. The van der Waals surface area contributed by atoms with E-state index in [1.165, 1.54) is 0 Å². The monoisotopic (exact) mass is 259 g/mol. The molecule has 0 bridgehead atoms. The van der Waals surface area contributed by atoms with E-state index in [0.29, 0.717) is 12.1 Å². The predicted octanol–water partition coefficient (Wildman–Crippen LogP) is 1.33. The number of hydrogen-bond donors (Lipinski definition) is 2. The molecule has 2 aromatic heterocycles. The molecule has 0 aliphatic carbocycles. The third kappa shape index (κ3) is 3.38. The maximum atomic E-state index is 11.7. The molecular weight excluding hydrogens is 242 g/mol. The molecule has 0 aliphatic rings. The summed E-state index contributed by atoms with van der Waals surface area (Å²) in [5.41, 5.74) is 6.38. The Morgan fingerprint density at radius 1 is 1.53 bits per heavy atom. The van der Waals surface area contributed by atoms with Crippen LogP contribution in [0.5, 0.6) is 0 Å². The first kappa shape index (κ1) is 13.2. The van der Waals surface area contributed by atoms with E-state index in [1.807, 2.05) is 13.0 Å². The lowest BCUT2D eigenvalue weighted by Crippen LogP contribution is -2.35. The zero-order valence-electron chi connectivity index (χ0n) is 10.8. The van der Waals surface area contributed by atoms with E-state index in [0.717, 1.165) is 12.2 Å². The van der Waals surface area contributed by atoms with Crippen molar-refractivity contribution in [2.75, 3.05) is 5.32 Å². The molecule has 1 amide bonds. The summed E-state index contributed by atoms with van der Waals surface area (Å²) in [5, 5.41) is 2.75. The van der Waals surface area contributed by atoms with Crippen LogP contribution in [0.3, 0.4) is 0 Å². The van der Waals surface area contributed by atoms with Gasteiger partial charge >= 0.3 is 0 Å². The number of carbonyl (C=O) groups is 1. The number of hydrogen-bond acceptors (Lipinski definition) is 4. The van der Waals surface area contributed by atoms with Crippen molar-refractivity contribution in [1.29, 1.82) is 0 Å². The van der Waals surface area contributed by atoms with Crippen molar-refractivity contribution in [3.8, 4) is 5.82 Å². The number of amides is 1. The standard InChI is InChI=1S/C13H17N5O/c1-2-3-11(14)13(19)17-10-4-5-12(16-8-10)18-7-6-15-9-18/h4-9,11H,2-3,14H2,1H3,(H,17,19)/t11-/m0/s1. The maximum Gasteiger partial charge on any atom is 0.241 e. The van der Waals surface area contributed by atoms with Gasteiger partial charge in [0.15, 0.2) is 0 Å². The van der Waals surface area contributed by atoms with Gasteiger partial charge in [-0.25, -0.2) is 9.97 Å². The average Bonchev–Trinajstić information content (AvgIpc) is 2.94. The minimum Gasteiger partial charge on any atom is -0.323 e. The van der Waals surface area contributed by atoms with E-state index in [9.17, 15) is 4.79 Å². The lowest BCUT2D eigenvalue weighted by atomic mass is 10.1. The van der Waals surface area contributed by atoms with Crippen LogP contribution in [0.2, 0.25) is 0 Å². The van der Waals surface area contributed by atoms with E-state index in [-0.39, 0.29) is 5.91 Å². The van der Waals surface area contributed by atoms with Gasteiger partial charge in [0.1, 0.15) is 12.1 Å². The Labute approximate surface area is 111 Å². The van der Waals surface area contributed by atoms with Gasteiger partial charge in [-0.2, -0.15) is 0 Å². The van der Waals surface area contributed by atoms with E-state index < -0.39 is 6.04 Å². The van der Waals surface area contributed by atoms with Crippen molar-refractivity contribution >= 4 is 11.6 Å². The van der Waals surface area contributed by atoms with Crippen LogP contribution in [0, 0.1) is 0 Å². The van der Waals surface area contributed by atoms with Gasteiger partial charge in [0.2, 0.25) is 5.91 Å². The van der Waals surface area contributed by atoms with Crippen LogP contribution in [-0.2, 0) is 4.79 Å². The van der Waals surface area contributed by atoms with Crippen molar-refractivity contribution in [3.63, 3.8) is 0 Å². The van der Waals surface area contributed by atoms with Crippen molar-refractivity contribution in [2.45, 2.75) is 25.8 Å². The molecule has 2 heterocycles. The average molecular weight is 259 g/mol. The molecule has 0 saturated carbocycles. The van der Waals surface area contributed by atoms with Crippen LogP contribution in [-0.4, -0.2) is 26.5 Å². The van der Waals surface area contributed by atoms with E-state index in [1.54, 1.807) is 35.6 Å². The minimum absolute atomic E-state index is 0.181. The SMILES string of the molecule is CCC[C@H](N)C(=O)Nc1ccc(-n2ccnc2)nc1. The highest BCUT2D eigenvalue weighted by molar-refractivity contribution is 5.94. The highest BCUT2D eigenvalue weighted by Crippen LogP contribution is 2.10. The molecule has 0 spiro atoms. The Morgan fingerprint density at radius 3 is 2.95 bits per heavy atom. The highest BCUT2D eigenvalue weighted by atomic mass is 16.2. The van der Waals surface area contributed by atoms with Crippen LogP contribution >= 0.6 is 0 Å².